The zero-order chi connectivity index (χ0) is 11.0. The number of halogens is 2. The Kier molecular flexibility index (Phi) is 2.54. The average Bonchev–Trinajstić information content (AvgIpc) is 2.18. The summed E-state index contributed by atoms with van der Waals surface area (Å²) in [5.41, 5.74) is 0.523. The highest BCUT2D eigenvalue weighted by molar-refractivity contribution is 6.35. The topological polar surface area (TPSA) is 55.2 Å². The number of phenols is 1. The van der Waals surface area contributed by atoms with Crippen molar-refractivity contribution in [1.82, 2.24) is 9.97 Å². The van der Waals surface area contributed by atoms with E-state index in [0.29, 0.717) is 16.7 Å². The molecule has 6 heteroatoms. The van der Waals surface area contributed by atoms with Gasteiger partial charge in [0, 0.05) is 11.5 Å². The van der Waals surface area contributed by atoms with Crippen LogP contribution in [0.5, 0.6) is 11.5 Å². The minimum Gasteiger partial charge on any atom is -0.504 e. The Labute approximate surface area is 95.4 Å². The van der Waals surface area contributed by atoms with Crippen molar-refractivity contribution >= 4 is 34.1 Å². The first-order valence-corrected chi connectivity index (χ1v) is 4.77. The molecule has 0 aliphatic heterocycles. The molecular formula is C9H6Cl2N2O2. The number of nitrogens with zero attached hydrogens (tertiary/aromatic N) is 2. The Morgan fingerprint density at radius 1 is 1.27 bits per heavy atom. The van der Waals surface area contributed by atoms with Crippen molar-refractivity contribution in [2.75, 3.05) is 7.11 Å². The van der Waals surface area contributed by atoms with Crippen LogP contribution in [0.1, 0.15) is 0 Å². The number of aromatic nitrogens is 2. The highest BCUT2D eigenvalue weighted by Crippen LogP contribution is 2.33. The first kappa shape index (κ1) is 10.3. The molecule has 2 aromatic rings. The monoisotopic (exact) mass is 244 g/mol. The minimum absolute atomic E-state index is 0.0159. The van der Waals surface area contributed by atoms with Gasteiger partial charge in [0.2, 0.25) is 5.28 Å². The summed E-state index contributed by atoms with van der Waals surface area (Å²) >= 11 is 11.5. The summed E-state index contributed by atoms with van der Waals surface area (Å²) in [6.45, 7) is 0. The van der Waals surface area contributed by atoms with Crippen molar-refractivity contribution < 1.29 is 9.84 Å². The number of rotatable bonds is 1. The lowest BCUT2D eigenvalue weighted by Crippen LogP contribution is -1.89. The molecule has 0 atom stereocenters. The zero-order valence-corrected chi connectivity index (χ0v) is 9.17. The van der Waals surface area contributed by atoms with E-state index in [1.807, 2.05) is 0 Å². The third kappa shape index (κ3) is 1.78. The van der Waals surface area contributed by atoms with Crippen LogP contribution in [0.15, 0.2) is 12.1 Å². The lowest BCUT2D eigenvalue weighted by atomic mass is 10.2. The van der Waals surface area contributed by atoms with E-state index in [0.717, 1.165) is 0 Å². The van der Waals surface area contributed by atoms with Gasteiger partial charge in [0.1, 0.15) is 5.15 Å². The summed E-state index contributed by atoms with van der Waals surface area (Å²) in [6.07, 6.45) is 0. The number of hydrogen-bond acceptors (Lipinski definition) is 4. The molecule has 0 saturated heterocycles. The Bertz CT molecular complexity index is 531. The van der Waals surface area contributed by atoms with Gasteiger partial charge in [0.25, 0.3) is 0 Å². The summed E-state index contributed by atoms with van der Waals surface area (Å²) in [5.74, 6) is 0.297. The molecule has 78 valence electrons. The molecule has 0 saturated carbocycles. The molecule has 1 heterocycles. The fourth-order valence-corrected chi connectivity index (χ4v) is 1.69. The number of phenolic OH excluding ortho intramolecular Hbond substituents is 1. The van der Waals surface area contributed by atoms with E-state index in [-0.39, 0.29) is 16.2 Å². The number of hydrogen-bond donors (Lipinski definition) is 1. The highest BCUT2D eigenvalue weighted by Gasteiger charge is 2.09. The lowest BCUT2D eigenvalue weighted by molar-refractivity contribution is 0.374. The molecule has 1 N–H and O–H groups in total. The summed E-state index contributed by atoms with van der Waals surface area (Å²) in [4.78, 5) is 7.73. The van der Waals surface area contributed by atoms with E-state index in [2.05, 4.69) is 9.97 Å². The molecule has 1 aromatic carbocycles. The molecule has 0 radical (unpaired) electrons. The maximum atomic E-state index is 9.53. The van der Waals surface area contributed by atoms with Gasteiger partial charge in [-0.25, -0.2) is 9.97 Å². The van der Waals surface area contributed by atoms with Gasteiger partial charge in [0.15, 0.2) is 11.5 Å². The Balaban J connectivity index is 2.81. The Morgan fingerprint density at radius 2 is 2.00 bits per heavy atom. The lowest BCUT2D eigenvalue weighted by Gasteiger charge is -2.05. The van der Waals surface area contributed by atoms with Crippen molar-refractivity contribution in [3.05, 3.63) is 22.6 Å². The number of benzene rings is 1. The predicted octanol–water partition coefficient (Wildman–Crippen LogP) is 2.65. The van der Waals surface area contributed by atoms with Crippen LogP contribution in [0, 0.1) is 0 Å². The molecule has 0 aliphatic rings. The molecule has 0 aliphatic carbocycles. The van der Waals surface area contributed by atoms with Gasteiger partial charge < -0.3 is 9.84 Å². The van der Waals surface area contributed by atoms with E-state index in [9.17, 15) is 5.11 Å². The largest absolute Gasteiger partial charge is 0.504 e. The Hall–Kier alpha value is -1.26. The van der Waals surface area contributed by atoms with Crippen LogP contribution < -0.4 is 4.74 Å². The second kappa shape index (κ2) is 3.72. The molecule has 0 unspecified atom stereocenters. The average molecular weight is 245 g/mol. The normalized spacial score (nSPS) is 10.6. The van der Waals surface area contributed by atoms with Crippen LogP contribution in [0.4, 0.5) is 0 Å². The molecule has 0 fully saturated rings. The van der Waals surface area contributed by atoms with Crippen molar-refractivity contribution in [3.63, 3.8) is 0 Å². The minimum atomic E-state index is -0.0159. The number of methoxy groups -OCH3 is 1. The quantitative estimate of drug-likeness (QED) is 0.619. The third-order valence-electron chi connectivity index (χ3n) is 1.92. The molecular weight excluding hydrogens is 239 g/mol. The van der Waals surface area contributed by atoms with Crippen LogP contribution in [0.3, 0.4) is 0 Å². The van der Waals surface area contributed by atoms with E-state index < -0.39 is 0 Å². The van der Waals surface area contributed by atoms with Crippen molar-refractivity contribution in [1.29, 1.82) is 0 Å². The van der Waals surface area contributed by atoms with Crippen LogP contribution in [0.2, 0.25) is 10.4 Å². The van der Waals surface area contributed by atoms with E-state index in [1.54, 1.807) is 6.07 Å². The second-order valence-electron chi connectivity index (χ2n) is 2.82. The summed E-state index contributed by atoms with van der Waals surface area (Å²) in [6, 6.07) is 2.98. The van der Waals surface area contributed by atoms with Crippen LogP contribution >= 0.6 is 23.2 Å². The molecule has 2 rings (SSSR count). The van der Waals surface area contributed by atoms with Crippen molar-refractivity contribution in [3.8, 4) is 11.5 Å². The number of aromatic hydroxyl groups is 1. The van der Waals surface area contributed by atoms with Gasteiger partial charge in [-0.15, -0.1) is 0 Å². The highest BCUT2D eigenvalue weighted by atomic mass is 35.5. The molecule has 0 amide bonds. The number of ether oxygens (including phenoxy) is 1. The third-order valence-corrected chi connectivity index (χ3v) is 2.38. The van der Waals surface area contributed by atoms with E-state index in [4.69, 9.17) is 27.9 Å². The standard InChI is InChI=1S/C9H6Cl2N2O2/c1-15-7-3-5-4(2-6(7)14)8(10)13-9(11)12-5/h2-3,14H,1H3. The van der Waals surface area contributed by atoms with E-state index >= 15 is 0 Å². The van der Waals surface area contributed by atoms with Gasteiger partial charge in [-0.05, 0) is 17.7 Å². The summed E-state index contributed by atoms with van der Waals surface area (Å²) in [5, 5.41) is 10.3. The molecule has 15 heavy (non-hydrogen) atoms. The first-order valence-electron chi connectivity index (χ1n) is 4.01. The smallest absolute Gasteiger partial charge is 0.224 e. The van der Waals surface area contributed by atoms with Crippen molar-refractivity contribution in [2.24, 2.45) is 0 Å². The molecule has 0 spiro atoms. The fraction of sp³-hybridized carbons (Fsp3) is 0.111. The van der Waals surface area contributed by atoms with Crippen LogP contribution in [-0.4, -0.2) is 22.2 Å². The predicted molar refractivity (Wildman–Crippen MR) is 57.8 cm³/mol. The Morgan fingerprint density at radius 3 is 2.67 bits per heavy atom. The fourth-order valence-electron chi connectivity index (χ4n) is 1.24. The molecule has 1 aromatic heterocycles. The molecule has 0 bridgehead atoms. The molecule has 4 nitrogen and oxygen atoms in total. The van der Waals surface area contributed by atoms with Gasteiger partial charge in [-0.1, -0.05) is 11.6 Å². The summed E-state index contributed by atoms with van der Waals surface area (Å²) in [7, 11) is 1.45. The maximum absolute atomic E-state index is 9.53. The van der Waals surface area contributed by atoms with Crippen LogP contribution in [-0.2, 0) is 0 Å². The summed E-state index contributed by atoms with van der Waals surface area (Å²) < 4.78 is 4.94. The SMILES string of the molecule is COc1cc2nc(Cl)nc(Cl)c2cc1O. The second-order valence-corrected chi connectivity index (χ2v) is 3.52. The van der Waals surface area contributed by atoms with Crippen LogP contribution in [0.25, 0.3) is 10.9 Å². The maximum Gasteiger partial charge on any atom is 0.224 e. The van der Waals surface area contributed by atoms with Gasteiger partial charge in [0.05, 0.1) is 12.6 Å². The van der Waals surface area contributed by atoms with Crippen molar-refractivity contribution in [2.45, 2.75) is 0 Å². The first-order chi connectivity index (χ1) is 7.11. The number of fused-ring (bicyclic) bond motifs is 1. The van der Waals surface area contributed by atoms with Gasteiger partial charge in [-0.2, -0.15) is 0 Å². The zero-order valence-electron chi connectivity index (χ0n) is 7.66. The van der Waals surface area contributed by atoms with Gasteiger partial charge >= 0.3 is 0 Å². The van der Waals surface area contributed by atoms with E-state index in [1.165, 1.54) is 13.2 Å². The van der Waals surface area contributed by atoms with Gasteiger partial charge in [-0.3, -0.25) is 0 Å².